The number of carboxylic acids is 1. The van der Waals surface area contributed by atoms with E-state index < -0.39 is 27.9 Å². The van der Waals surface area contributed by atoms with E-state index in [1.54, 1.807) is 19.2 Å². The molecule has 1 atom stereocenters. The maximum absolute atomic E-state index is 13.0. The van der Waals surface area contributed by atoms with Crippen molar-refractivity contribution in [1.82, 2.24) is 9.21 Å². The fraction of sp³-hybridized carbons (Fsp3) is 0.579. The molecule has 27 heavy (non-hydrogen) atoms. The van der Waals surface area contributed by atoms with Crippen LogP contribution in [0.5, 0.6) is 0 Å². The highest BCUT2D eigenvalue weighted by molar-refractivity contribution is 7.89. The zero-order chi connectivity index (χ0) is 19.6. The third kappa shape index (κ3) is 4.01. The van der Waals surface area contributed by atoms with Crippen LogP contribution >= 0.6 is 0 Å². The predicted molar refractivity (Wildman–Crippen MR) is 100.0 cm³/mol. The first kappa shape index (κ1) is 19.8. The van der Waals surface area contributed by atoms with Crippen LogP contribution in [0.2, 0.25) is 0 Å². The maximum Gasteiger partial charge on any atom is 0.326 e. The second kappa shape index (κ2) is 7.98. The third-order valence-corrected chi connectivity index (χ3v) is 7.55. The summed E-state index contributed by atoms with van der Waals surface area (Å²) in [6.45, 7) is 0.370. The Hall–Kier alpha value is -1.93. The number of aliphatic carboxylic acids is 1. The van der Waals surface area contributed by atoms with E-state index in [1.807, 2.05) is 0 Å². The van der Waals surface area contributed by atoms with Crippen molar-refractivity contribution < 1.29 is 23.1 Å². The first-order valence-electron chi connectivity index (χ1n) is 9.44. The van der Waals surface area contributed by atoms with Crippen LogP contribution in [0.4, 0.5) is 0 Å². The highest BCUT2D eigenvalue weighted by Crippen LogP contribution is 2.27. The van der Waals surface area contributed by atoms with Crippen molar-refractivity contribution >= 4 is 21.9 Å². The molecule has 0 unspecified atom stereocenters. The second-order valence-corrected chi connectivity index (χ2v) is 9.33. The summed E-state index contributed by atoms with van der Waals surface area (Å²) in [6, 6.07) is 5.08. The molecule has 2 aliphatic rings. The van der Waals surface area contributed by atoms with Crippen LogP contribution in [0.1, 0.15) is 55.3 Å². The van der Waals surface area contributed by atoms with Crippen molar-refractivity contribution in [2.24, 2.45) is 0 Å². The summed E-state index contributed by atoms with van der Waals surface area (Å²) < 4.78 is 27.4. The lowest BCUT2D eigenvalue weighted by atomic mass is 9.96. The van der Waals surface area contributed by atoms with Gasteiger partial charge in [0.05, 0.1) is 4.90 Å². The number of rotatable bonds is 5. The standard InChI is InChI=1S/C19H26N2O5S/c1-20(15-8-3-2-4-9-15)27(25,26)16-10-5-7-14(13-16)18(22)21-12-6-11-17(21)19(23)24/h5,7,10,13,15,17H,2-4,6,8-9,11-12H2,1H3,(H,23,24)/t17-/m0/s1. The number of sulfonamides is 1. The van der Waals surface area contributed by atoms with E-state index in [1.165, 1.54) is 21.3 Å². The van der Waals surface area contributed by atoms with Crippen molar-refractivity contribution in [3.8, 4) is 0 Å². The molecule has 148 valence electrons. The third-order valence-electron chi connectivity index (χ3n) is 5.65. The zero-order valence-electron chi connectivity index (χ0n) is 15.5. The number of carboxylic acid groups (broad SMARTS) is 1. The molecule has 1 saturated carbocycles. The molecule has 1 aliphatic heterocycles. The van der Waals surface area contributed by atoms with Gasteiger partial charge in [0.1, 0.15) is 6.04 Å². The molecule has 1 N–H and O–H groups in total. The molecule has 1 amide bonds. The Kier molecular flexibility index (Phi) is 5.86. The highest BCUT2D eigenvalue weighted by Gasteiger charge is 2.35. The summed E-state index contributed by atoms with van der Waals surface area (Å²) in [4.78, 5) is 25.5. The van der Waals surface area contributed by atoms with Crippen LogP contribution in [0, 0.1) is 0 Å². The Bertz CT molecular complexity index is 817. The summed E-state index contributed by atoms with van der Waals surface area (Å²) in [5.74, 6) is -1.46. The Labute approximate surface area is 160 Å². The van der Waals surface area contributed by atoms with Crippen molar-refractivity contribution in [2.75, 3.05) is 13.6 Å². The van der Waals surface area contributed by atoms with E-state index in [-0.39, 0.29) is 16.5 Å². The molecule has 1 heterocycles. The number of benzene rings is 1. The molecule has 1 aliphatic carbocycles. The molecule has 8 heteroatoms. The van der Waals surface area contributed by atoms with Gasteiger partial charge in [-0.3, -0.25) is 4.79 Å². The largest absolute Gasteiger partial charge is 0.480 e. The molecular formula is C19H26N2O5S. The molecule has 1 aromatic rings. The molecule has 0 radical (unpaired) electrons. The fourth-order valence-corrected chi connectivity index (χ4v) is 5.49. The topological polar surface area (TPSA) is 95.0 Å². The Balaban J connectivity index is 1.84. The van der Waals surface area contributed by atoms with Crippen molar-refractivity contribution in [3.05, 3.63) is 29.8 Å². The smallest absolute Gasteiger partial charge is 0.326 e. The predicted octanol–water partition coefficient (Wildman–Crippen LogP) is 2.33. The Morgan fingerprint density at radius 3 is 2.48 bits per heavy atom. The minimum absolute atomic E-state index is 0.0157. The van der Waals surface area contributed by atoms with Gasteiger partial charge in [-0.05, 0) is 43.9 Å². The average molecular weight is 394 g/mol. The molecule has 7 nitrogen and oxygen atoms in total. The van der Waals surface area contributed by atoms with Crippen molar-refractivity contribution in [2.45, 2.75) is 61.9 Å². The van der Waals surface area contributed by atoms with Crippen LogP contribution < -0.4 is 0 Å². The van der Waals surface area contributed by atoms with E-state index in [2.05, 4.69) is 0 Å². The summed E-state index contributed by atoms with van der Waals surface area (Å²) in [5, 5.41) is 9.28. The van der Waals surface area contributed by atoms with Gasteiger partial charge >= 0.3 is 5.97 Å². The number of amides is 1. The van der Waals surface area contributed by atoms with E-state index in [0.717, 1.165) is 32.1 Å². The summed E-state index contributed by atoms with van der Waals surface area (Å²) in [7, 11) is -2.10. The summed E-state index contributed by atoms with van der Waals surface area (Å²) in [6.07, 6.45) is 5.93. The second-order valence-electron chi connectivity index (χ2n) is 7.34. The number of hydrogen-bond donors (Lipinski definition) is 1. The molecule has 0 spiro atoms. The van der Waals surface area contributed by atoms with Crippen molar-refractivity contribution in [1.29, 1.82) is 0 Å². The van der Waals surface area contributed by atoms with Crippen molar-refractivity contribution in [3.63, 3.8) is 0 Å². The molecular weight excluding hydrogens is 368 g/mol. The Morgan fingerprint density at radius 2 is 1.81 bits per heavy atom. The molecule has 2 fully saturated rings. The lowest BCUT2D eigenvalue weighted by Gasteiger charge is -2.30. The van der Waals surface area contributed by atoms with Crippen LogP contribution in [-0.2, 0) is 14.8 Å². The lowest BCUT2D eigenvalue weighted by molar-refractivity contribution is -0.141. The van der Waals surface area contributed by atoms with E-state index in [9.17, 15) is 23.1 Å². The molecule has 0 aromatic heterocycles. The molecule has 1 saturated heterocycles. The maximum atomic E-state index is 13.0. The summed E-state index contributed by atoms with van der Waals surface area (Å²) in [5.41, 5.74) is 0.210. The van der Waals surface area contributed by atoms with Gasteiger partial charge in [0.2, 0.25) is 10.0 Å². The summed E-state index contributed by atoms with van der Waals surface area (Å²) >= 11 is 0. The van der Waals surface area contributed by atoms with Crippen LogP contribution in [-0.4, -0.2) is 60.3 Å². The fourth-order valence-electron chi connectivity index (χ4n) is 4.03. The first-order chi connectivity index (χ1) is 12.8. The van der Waals surface area contributed by atoms with Gasteiger partial charge in [-0.15, -0.1) is 0 Å². The van der Waals surface area contributed by atoms with E-state index >= 15 is 0 Å². The Morgan fingerprint density at radius 1 is 1.11 bits per heavy atom. The number of hydrogen-bond acceptors (Lipinski definition) is 4. The normalized spacial score (nSPS) is 21.6. The van der Waals surface area contributed by atoms with E-state index in [0.29, 0.717) is 19.4 Å². The average Bonchev–Trinajstić information content (AvgIpc) is 3.17. The first-order valence-corrected chi connectivity index (χ1v) is 10.9. The molecule has 0 bridgehead atoms. The number of carbonyl (C=O) groups excluding carboxylic acids is 1. The zero-order valence-corrected chi connectivity index (χ0v) is 16.3. The van der Waals surface area contributed by atoms with E-state index in [4.69, 9.17) is 0 Å². The SMILES string of the molecule is CN(C1CCCCC1)S(=O)(=O)c1cccc(C(=O)N2CCC[C@H]2C(=O)O)c1. The van der Waals surface area contributed by atoms with Gasteiger partial charge in [-0.25, -0.2) is 13.2 Å². The van der Waals surface area contributed by atoms with Gasteiger partial charge in [-0.1, -0.05) is 25.3 Å². The van der Waals surface area contributed by atoms with Gasteiger partial charge in [0.15, 0.2) is 0 Å². The van der Waals surface area contributed by atoms with Gasteiger partial charge < -0.3 is 10.0 Å². The number of carbonyl (C=O) groups is 2. The minimum Gasteiger partial charge on any atom is -0.480 e. The van der Waals surface area contributed by atoms with Gasteiger partial charge in [-0.2, -0.15) is 4.31 Å². The highest BCUT2D eigenvalue weighted by atomic mass is 32.2. The lowest BCUT2D eigenvalue weighted by Crippen LogP contribution is -2.40. The molecule has 3 rings (SSSR count). The van der Waals surface area contributed by atoms with Crippen LogP contribution in [0.3, 0.4) is 0 Å². The number of likely N-dealkylation sites (tertiary alicyclic amines) is 1. The quantitative estimate of drug-likeness (QED) is 0.827. The van der Waals surface area contributed by atoms with Gasteiger partial charge in [0.25, 0.3) is 5.91 Å². The minimum atomic E-state index is -3.70. The van der Waals surface area contributed by atoms with Crippen LogP contribution in [0.25, 0.3) is 0 Å². The monoisotopic (exact) mass is 394 g/mol. The number of nitrogens with zero attached hydrogens (tertiary/aromatic N) is 2. The van der Waals surface area contributed by atoms with Crippen LogP contribution in [0.15, 0.2) is 29.2 Å². The molecule has 1 aromatic carbocycles. The van der Waals surface area contributed by atoms with Gasteiger partial charge in [0, 0.05) is 25.2 Å².